The lowest BCUT2D eigenvalue weighted by Crippen LogP contribution is -2.27. The van der Waals surface area contributed by atoms with Gasteiger partial charge in [0.2, 0.25) is 0 Å². The SMILES string of the molecule is CC(C)(C)OC(=O)n1cccc1Cc1cccc(Cl)c1F. The number of aromatic nitrogens is 1. The molecule has 0 radical (unpaired) electrons. The highest BCUT2D eigenvalue weighted by Gasteiger charge is 2.19. The molecule has 112 valence electrons. The van der Waals surface area contributed by atoms with E-state index in [1.54, 1.807) is 51.2 Å². The summed E-state index contributed by atoms with van der Waals surface area (Å²) in [5.74, 6) is -0.462. The van der Waals surface area contributed by atoms with Crippen molar-refractivity contribution < 1.29 is 13.9 Å². The van der Waals surface area contributed by atoms with E-state index in [9.17, 15) is 9.18 Å². The number of benzene rings is 1. The van der Waals surface area contributed by atoms with Gasteiger partial charge in [-0.2, -0.15) is 0 Å². The Morgan fingerprint density at radius 3 is 2.67 bits per heavy atom. The van der Waals surface area contributed by atoms with Crippen LogP contribution in [0, 0.1) is 5.82 Å². The highest BCUT2D eigenvalue weighted by molar-refractivity contribution is 6.30. The molecule has 3 nitrogen and oxygen atoms in total. The normalized spacial score (nSPS) is 11.5. The van der Waals surface area contributed by atoms with Crippen LogP contribution in [0.1, 0.15) is 32.0 Å². The highest BCUT2D eigenvalue weighted by atomic mass is 35.5. The van der Waals surface area contributed by atoms with E-state index in [1.165, 1.54) is 10.6 Å². The molecule has 1 heterocycles. The standard InChI is InChI=1S/C16H17ClFNO2/c1-16(2,3)21-15(20)19-9-5-7-12(19)10-11-6-4-8-13(17)14(11)18/h4-9H,10H2,1-3H3. The fourth-order valence-electron chi connectivity index (χ4n) is 1.93. The number of carbonyl (C=O) groups is 1. The van der Waals surface area contributed by atoms with Crippen molar-refractivity contribution in [2.24, 2.45) is 0 Å². The molecule has 0 spiro atoms. The fraction of sp³-hybridized carbons (Fsp3) is 0.312. The monoisotopic (exact) mass is 309 g/mol. The highest BCUT2D eigenvalue weighted by Crippen LogP contribution is 2.21. The van der Waals surface area contributed by atoms with Crippen LogP contribution in [0.2, 0.25) is 5.02 Å². The van der Waals surface area contributed by atoms with E-state index in [4.69, 9.17) is 16.3 Å². The Labute approximate surface area is 128 Å². The predicted molar refractivity (Wildman–Crippen MR) is 80.3 cm³/mol. The zero-order chi connectivity index (χ0) is 15.6. The maximum atomic E-state index is 13.9. The lowest BCUT2D eigenvalue weighted by atomic mass is 10.1. The first-order chi connectivity index (χ1) is 9.78. The van der Waals surface area contributed by atoms with Crippen LogP contribution in [0.15, 0.2) is 36.5 Å². The van der Waals surface area contributed by atoms with Crippen molar-refractivity contribution in [3.05, 3.63) is 58.6 Å². The van der Waals surface area contributed by atoms with Gasteiger partial charge in [-0.15, -0.1) is 0 Å². The topological polar surface area (TPSA) is 31.2 Å². The summed E-state index contributed by atoms with van der Waals surface area (Å²) < 4.78 is 20.6. The maximum absolute atomic E-state index is 13.9. The summed E-state index contributed by atoms with van der Waals surface area (Å²) in [7, 11) is 0. The first-order valence-corrected chi connectivity index (χ1v) is 6.98. The van der Waals surface area contributed by atoms with Crippen molar-refractivity contribution in [2.45, 2.75) is 32.8 Å². The molecule has 21 heavy (non-hydrogen) atoms. The average molecular weight is 310 g/mol. The maximum Gasteiger partial charge on any atom is 0.418 e. The van der Waals surface area contributed by atoms with Gasteiger partial charge in [0, 0.05) is 18.3 Å². The molecular formula is C16H17ClFNO2. The molecule has 0 fully saturated rings. The van der Waals surface area contributed by atoms with Crippen LogP contribution in [-0.2, 0) is 11.2 Å². The molecule has 0 amide bonds. The number of halogens is 2. The van der Waals surface area contributed by atoms with Gasteiger partial charge in [-0.25, -0.2) is 9.18 Å². The lowest BCUT2D eigenvalue weighted by molar-refractivity contribution is 0.0533. The zero-order valence-electron chi connectivity index (χ0n) is 12.2. The lowest BCUT2D eigenvalue weighted by Gasteiger charge is -2.20. The third-order valence-corrected chi connectivity index (χ3v) is 3.12. The van der Waals surface area contributed by atoms with E-state index in [0.717, 1.165) is 0 Å². The Morgan fingerprint density at radius 2 is 2.00 bits per heavy atom. The second-order valence-corrected chi connectivity index (χ2v) is 6.15. The Hall–Kier alpha value is -1.81. The summed E-state index contributed by atoms with van der Waals surface area (Å²) in [4.78, 5) is 12.1. The quantitative estimate of drug-likeness (QED) is 0.808. The summed E-state index contributed by atoms with van der Waals surface area (Å²) in [6.07, 6.45) is 1.38. The molecule has 0 aliphatic heterocycles. The van der Waals surface area contributed by atoms with Gasteiger partial charge in [0.25, 0.3) is 0 Å². The van der Waals surface area contributed by atoms with Crippen LogP contribution in [0.25, 0.3) is 0 Å². The molecule has 1 aromatic carbocycles. The van der Waals surface area contributed by atoms with Crippen molar-refractivity contribution >= 4 is 17.7 Å². The van der Waals surface area contributed by atoms with Gasteiger partial charge >= 0.3 is 6.09 Å². The number of nitrogens with zero attached hydrogens (tertiary/aromatic N) is 1. The Balaban J connectivity index is 2.25. The van der Waals surface area contributed by atoms with Crippen LogP contribution in [-0.4, -0.2) is 16.3 Å². The number of ether oxygens (including phenoxy) is 1. The van der Waals surface area contributed by atoms with E-state index in [2.05, 4.69) is 0 Å². The van der Waals surface area contributed by atoms with Gasteiger partial charge in [-0.05, 0) is 44.5 Å². The summed E-state index contributed by atoms with van der Waals surface area (Å²) >= 11 is 5.77. The van der Waals surface area contributed by atoms with Crippen LogP contribution >= 0.6 is 11.6 Å². The second-order valence-electron chi connectivity index (χ2n) is 5.74. The van der Waals surface area contributed by atoms with Gasteiger partial charge in [0.15, 0.2) is 0 Å². The van der Waals surface area contributed by atoms with E-state index in [1.807, 2.05) is 0 Å². The second kappa shape index (κ2) is 5.90. The third-order valence-electron chi connectivity index (χ3n) is 2.83. The van der Waals surface area contributed by atoms with Crippen LogP contribution < -0.4 is 0 Å². The molecule has 0 atom stereocenters. The average Bonchev–Trinajstić information content (AvgIpc) is 2.81. The first kappa shape index (κ1) is 15.6. The van der Waals surface area contributed by atoms with Crippen molar-refractivity contribution in [3.63, 3.8) is 0 Å². The summed E-state index contributed by atoms with van der Waals surface area (Å²) in [6, 6.07) is 8.30. The van der Waals surface area contributed by atoms with E-state index < -0.39 is 17.5 Å². The van der Waals surface area contributed by atoms with Crippen molar-refractivity contribution in [2.75, 3.05) is 0 Å². The molecule has 0 aliphatic carbocycles. The summed E-state index contributed by atoms with van der Waals surface area (Å²) in [6.45, 7) is 5.39. The van der Waals surface area contributed by atoms with E-state index in [0.29, 0.717) is 11.3 Å². The fourth-order valence-corrected chi connectivity index (χ4v) is 2.12. The molecule has 0 saturated carbocycles. The molecule has 0 aliphatic rings. The summed E-state index contributed by atoms with van der Waals surface area (Å²) in [5, 5.41) is 0.0721. The molecule has 5 heteroatoms. The minimum Gasteiger partial charge on any atom is -0.443 e. The number of carbonyl (C=O) groups excluding carboxylic acids is 1. The number of rotatable bonds is 2. The van der Waals surface area contributed by atoms with Gasteiger partial charge in [-0.1, -0.05) is 23.7 Å². The van der Waals surface area contributed by atoms with E-state index >= 15 is 0 Å². The van der Waals surface area contributed by atoms with Crippen LogP contribution in [0.4, 0.5) is 9.18 Å². The third kappa shape index (κ3) is 3.85. The van der Waals surface area contributed by atoms with Crippen LogP contribution in [0.3, 0.4) is 0 Å². The molecular weight excluding hydrogens is 293 g/mol. The largest absolute Gasteiger partial charge is 0.443 e. The van der Waals surface area contributed by atoms with Crippen LogP contribution in [0.5, 0.6) is 0 Å². The van der Waals surface area contributed by atoms with Crippen molar-refractivity contribution in [1.29, 1.82) is 0 Å². The molecule has 0 bridgehead atoms. The predicted octanol–water partition coefficient (Wildman–Crippen LogP) is 4.65. The number of hydrogen-bond donors (Lipinski definition) is 0. The minimum atomic E-state index is -0.583. The van der Waals surface area contributed by atoms with Gasteiger partial charge < -0.3 is 4.74 Å². The Kier molecular flexibility index (Phi) is 4.37. The molecule has 1 aromatic heterocycles. The van der Waals surface area contributed by atoms with Gasteiger partial charge in [-0.3, -0.25) is 4.57 Å². The zero-order valence-corrected chi connectivity index (χ0v) is 12.9. The number of hydrogen-bond acceptors (Lipinski definition) is 2. The van der Waals surface area contributed by atoms with Crippen molar-refractivity contribution in [3.8, 4) is 0 Å². The molecule has 2 rings (SSSR count). The molecule has 0 N–H and O–H groups in total. The smallest absolute Gasteiger partial charge is 0.418 e. The summed E-state index contributed by atoms with van der Waals surface area (Å²) in [5.41, 5.74) is 0.497. The van der Waals surface area contributed by atoms with Gasteiger partial charge in [0.1, 0.15) is 11.4 Å². The Bertz CT molecular complexity index is 659. The van der Waals surface area contributed by atoms with Gasteiger partial charge in [0.05, 0.1) is 5.02 Å². The molecule has 0 unspecified atom stereocenters. The minimum absolute atomic E-state index is 0.0721. The molecule has 0 saturated heterocycles. The van der Waals surface area contributed by atoms with Crippen molar-refractivity contribution in [1.82, 2.24) is 4.57 Å². The Morgan fingerprint density at radius 1 is 1.29 bits per heavy atom. The van der Waals surface area contributed by atoms with E-state index in [-0.39, 0.29) is 11.4 Å². The first-order valence-electron chi connectivity index (χ1n) is 6.60. The molecule has 2 aromatic rings.